The fourth-order valence-electron chi connectivity index (χ4n) is 3.72. The summed E-state index contributed by atoms with van der Waals surface area (Å²) in [6.45, 7) is 0.759. The number of nitrogens with zero attached hydrogens (tertiary/aromatic N) is 3. The Morgan fingerprint density at radius 1 is 1.21 bits per heavy atom. The molecule has 7 heteroatoms. The van der Waals surface area contributed by atoms with E-state index < -0.39 is 0 Å². The molecule has 6 nitrogen and oxygen atoms in total. The Morgan fingerprint density at radius 2 is 2.07 bits per heavy atom. The topological polar surface area (TPSA) is 64.5 Å². The van der Waals surface area contributed by atoms with Crippen molar-refractivity contribution in [2.75, 3.05) is 20.8 Å². The number of methoxy groups -OCH3 is 2. The molecule has 3 heterocycles. The minimum Gasteiger partial charge on any atom is -0.493 e. The summed E-state index contributed by atoms with van der Waals surface area (Å²) in [6.07, 6.45) is 3.98. The van der Waals surface area contributed by atoms with E-state index in [0.717, 1.165) is 41.3 Å². The highest BCUT2D eigenvalue weighted by molar-refractivity contribution is 7.13. The number of thiazole rings is 1. The lowest BCUT2D eigenvalue weighted by Gasteiger charge is -2.25. The molecule has 4 rings (SSSR count). The number of ether oxygens (including phenoxy) is 2. The number of carbonyl (C=O) groups excluding carboxylic acids is 1. The zero-order valence-electron chi connectivity index (χ0n) is 16.5. The van der Waals surface area contributed by atoms with Gasteiger partial charge in [-0.1, -0.05) is 12.1 Å². The van der Waals surface area contributed by atoms with Crippen molar-refractivity contribution in [3.05, 3.63) is 59.2 Å². The van der Waals surface area contributed by atoms with Crippen molar-refractivity contribution >= 4 is 17.2 Å². The zero-order chi connectivity index (χ0) is 20.2. The maximum absolute atomic E-state index is 13.0. The molecular formula is C22H23N3O3S. The molecule has 0 bridgehead atoms. The van der Waals surface area contributed by atoms with E-state index in [1.807, 2.05) is 46.7 Å². The Bertz CT molecular complexity index is 990. The van der Waals surface area contributed by atoms with E-state index in [1.165, 1.54) is 11.3 Å². The molecular weight excluding hydrogens is 386 g/mol. The second kappa shape index (κ2) is 8.61. The van der Waals surface area contributed by atoms with Crippen LogP contribution in [0.3, 0.4) is 0 Å². The van der Waals surface area contributed by atoms with Crippen LogP contribution in [-0.2, 0) is 11.2 Å². The minimum atomic E-state index is 0.0520. The molecule has 1 aliphatic rings. The third kappa shape index (κ3) is 4.10. The normalized spacial score (nSPS) is 16.1. The van der Waals surface area contributed by atoms with Gasteiger partial charge in [0.15, 0.2) is 11.5 Å². The van der Waals surface area contributed by atoms with Crippen LogP contribution in [0.1, 0.15) is 30.1 Å². The molecule has 150 valence electrons. The average molecular weight is 410 g/mol. The number of hydrogen-bond acceptors (Lipinski definition) is 6. The van der Waals surface area contributed by atoms with Crippen molar-refractivity contribution in [1.29, 1.82) is 0 Å². The van der Waals surface area contributed by atoms with Gasteiger partial charge in [-0.2, -0.15) is 0 Å². The Kier molecular flexibility index (Phi) is 5.76. The highest BCUT2D eigenvalue weighted by Gasteiger charge is 2.30. The van der Waals surface area contributed by atoms with Gasteiger partial charge in [-0.25, -0.2) is 4.98 Å². The van der Waals surface area contributed by atoms with Gasteiger partial charge < -0.3 is 14.4 Å². The maximum Gasteiger partial charge on any atom is 0.229 e. The smallest absolute Gasteiger partial charge is 0.229 e. The van der Waals surface area contributed by atoms with Gasteiger partial charge >= 0.3 is 0 Å². The second-order valence-corrected chi connectivity index (χ2v) is 7.75. The number of pyridine rings is 1. The van der Waals surface area contributed by atoms with Crippen LogP contribution in [0, 0.1) is 0 Å². The van der Waals surface area contributed by atoms with E-state index in [4.69, 9.17) is 9.47 Å². The maximum atomic E-state index is 13.0. The fourth-order valence-corrected chi connectivity index (χ4v) is 4.52. The SMILES string of the molecule is COc1ccc(C2CCCN2C(=O)Cc2csc(-c3ccccn3)n2)cc1OC. The third-order valence-electron chi connectivity index (χ3n) is 5.13. The van der Waals surface area contributed by atoms with Gasteiger partial charge in [-0.3, -0.25) is 9.78 Å². The van der Waals surface area contributed by atoms with Crippen LogP contribution in [0.4, 0.5) is 0 Å². The van der Waals surface area contributed by atoms with E-state index in [-0.39, 0.29) is 11.9 Å². The molecule has 1 aromatic carbocycles. The molecule has 1 atom stereocenters. The number of amides is 1. The summed E-state index contributed by atoms with van der Waals surface area (Å²) >= 11 is 1.52. The summed E-state index contributed by atoms with van der Waals surface area (Å²) in [4.78, 5) is 23.9. The zero-order valence-corrected chi connectivity index (χ0v) is 17.3. The van der Waals surface area contributed by atoms with Crippen LogP contribution >= 0.6 is 11.3 Å². The molecule has 1 aliphatic heterocycles. The quantitative estimate of drug-likeness (QED) is 0.613. The molecule has 0 radical (unpaired) electrons. The van der Waals surface area contributed by atoms with E-state index in [1.54, 1.807) is 20.4 Å². The van der Waals surface area contributed by atoms with Crippen LogP contribution in [0.2, 0.25) is 0 Å². The Labute approximate surface area is 174 Å². The van der Waals surface area contributed by atoms with Crippen molar-refractivity contribution in [2.45, 2.75) is 25.3 Å². The second-order valence-electron chi connectivity index (χ2n) is 6.90. The first-order valence-corrected chi connectivity index (χ1v) is 10.4. The van der Waals surface area contributed by atoms with Gasteiger partial charge in [0.05, 0.1) is 38.1 Å². The van der Waals surface area contributed by atoms with Crippen LogP contribution < -0.4 is 9.47 Å². The average Bonchev–Trinajstić information content (AvgIpc) is 3.43. The summed E-state index contributed by atoms with van der Waals surface area (Å²) in [7, 11) is 3.25. The number of rotatable bonds is 6. The Balaban J connectivity index is 1.49. The number of hydrogen-bond donors (Lipinski definition) is 0. The largest absolute Gasteiger partial charge is 0.493 e. The molecule has 1 unspecified atom stereocenters. The summed E-state index contributed by atoms with van der Waals surface area (Å²) in [6, 6.07) is 11.7. The lowest BCUT2D eigenvalue weighted by atomic mass is 10.0. The molecule has 3 aromatic rings. The summed E-state index contributed by atoms with van der Waals surface area (Å²) < 4.78 is 10.8. The third-order valence-corrected chi connectivity index (χ3v) is 6.05. The van der Waals surface area contributed by atoms with E-state index >= 15 is 0 Å². The van der Waals surface area contributed by atoms with E-state index in [0.29, 0.717) is 17.9 Å². The lowest BCUT2D eigenvalue weighted by Crippen LogP contribution is -2.31. The van der Waals surface area contributed by atoms with Crippen LogP contribution in [0.5, 0.6) is 11.5 Å². The molecule has 0 N–H and O–H groups in total. The first kappa shape index (κ1) is 19.4. The molecule has 1 saturated heterocycles. The standard InChI is InChI=1S/C22H23N3O3S/c1-27-19-9-8-15(12-20(19)28-2)18-7-5-11-25(18)21(26)13-16-14-29-22(24-16)17-6-3-4-10-23-17/h3-4,6,8-10,12,14,18H,5,7,11,13H2,1-2H3. The number of likely N-dealkylation sites (tertiary alicyclic amines) is 1. The van der Waals surface area contributed by atoms with Gasteiger partial charge in [-0.05, 0) is 42.7 Å². The number of benzene rings is 1. The van der Waals surface area contributed by atoms with Gasteiger partial charge in [-0.15, -0.1) is 11.3 Å². The van der Waals surface area contributed by atoms with Crippen molar-refractivity contribution in [3.8, 4) is 22.2 Å². The predicted octanol–water partition coefficient (Wildman–Crippen LogP) is 4.13. The molecule has 0 saturated carbocycles. The van der Waals surface area contributed by atoms with Gasteiger partial charge in [0.1, 0.15) is 5.01 Å². The molecule has 29 heavy (non-hydrogen) atoms. The van der Waals surface area contributed by atoms with Crippen molar-refractivity contribution < 1.29 is 14.3 Å². The van der Waals surface area contributed by atoms with Crippen LogP contribution in [-0.4, -0.2) is 41.5 Å². The van der Waals surface area contributed by atoms with Crippen molar-refractivity contribution in [3.63, 3.8) is 0 Å². The summed E-state index contributed by atoms with van der Waals surface area (Å²) in [5, 5.41) is 2.79. The van der Waals surface area contributed by atoms with Gasteiger partial charge in [0.2, 0.25) is 5.91 Å². The van der Waals surface area contributed by atoms with Crippen molar-refractivity contribution in [1.82, 2.24) is 14.9 Å². The molecule has 1 amide bonds. The highest BCUT2D eigenvalue weighted by Crippen LogP contribution is 2.37. The van der Waals surface area contributed by atoms with E-state index in [2.05, 4.69) is 9.97 Å². The highest BCUT2D eigenvalue weighted by atomic mass is 32.1. The first-order valence-electron chi connectivity index (χ1n) is 9.57. The van der Waals surface area contributed by atoms with Gasteiger partial charge in [0, 0.05) is 18.1 Å². The van der Waals surface area contributed by atoms with Gasteiger partial charge in [0.25, 0.3) is 0 Å². The molecule has 0 aliphatic carbocycles. The van der Waals surface area contributed by atoms with Crippen LogP contribution in [0.15, 0.2) is 48.0 Å². The van der Waals surface area contributed by atoms with Crippen molar-refractivity contribution in [2.24, 2.45) is 0 Å². The fraction of sp³-hybridized carbons (Fsp3) is 0.318. The van der Waals surface area contributed by atoms with E-state index in [9.17, 15) is 4.79 Å². The molecule has 0 spiro atoms. The monoisotopic (exact) mass is 409 g/mol. The molecule has 2 aromatic heterocycles. The number of carbonyl (C=O) groups is 1. The Hall–Kier alpha value is -2.93. The Morgan fingerprint density at radius 3 is 2.83 bits per heavy atom. The lowest BCUT2D eigenvalue weighted by molar-refractivity contribution is -0.131. The number of aromatic nitrogens is 2. The first-order chi connectivity index (χ1) is 14.2. The predicted molar refractivity (Wildman–Crippen MR) is 112 cm³/mol. The summed E-state index contributed by atoms with van der Waals surface area (Å²) in [5.41, 5.74) is 2.69. The molecule has 1 fully saturated rings. The van der Waals surface area contributed by atoms with Crippen LogP contribution in [0.25, 0.3) is 10.7 Å². The summed E-state index contributed by atoms with van der Waals surface area (Å²) in [5.74, 6) is 1.47. The minimum absolute atomic E-state index is 0.0520.